The number of aryl methyl sites for hydroxylation is 1. The third-order valence-electron chi connectivity index (χ3n) is 1.87. The number of aliphatic hydroxyl groups is 1. The molecule has 2 N–H and O–H groups in total. The normalized spacial score (nSPS) is 13.2. The van der Waals surface area contributed by atoms with Crippen molar-refractivity contribution in [3.05, 3.63) is 29.8 Å². The monoisotopic (exact) mass is 273 g/mol. The van der Waals surface area contributed by atoms with Gasteiger partial charge in [-0.3, -0.25) is 5.09 Å². The van der Waals surface area contributed by atoms with Crippen molar-refractivity contribution in [2.75, 3.05) is 27.4 Å². The molecule has 18 heavy (non-hydrogen) atoms. The molecule has 2 atom stereocenters. The fourth-order valence-corrected chi connectivity index (χ4v) is 2.07. The summed E-state index contributed by atoms with van der Waals surface area (Å²) in [6.45, 7) is 6.35. The molecule has 1 aromatic carbocycles. The van der Waals surface area contributed by atoms with E-state index in [1.165, 1.54) is 5.56 Å². The SMILES string of the molecule is COC.Cc1ccc(OP(C)NCC(C)O)cc1. The Hall–Kier alpha value is -0.670. The maximum absolute atomic E-state index is 9.10. The zero-order chi connectivity index (χ0) is 14.0. The summed E-state index contributed by atoms with van der Waals surface area (Å²) in [5.74, 6) is 0.868. The lowest BCUT2D eigenvalue weighted by molar-refractivity contribution is 0.198. The van der Waals surface area contributed by atoms with E-state index in [-0.39, 0.29) is 6.10 Å². The first-order valence-electron chi connectivity index (χ1n) is 5.79. The van der Waals surface area contributed by atoms with Crippen LogP contribution in [0.15, 0.2) is 24.3 Å². The van der Waals surface area contributed by atoms with Crippen LogP contribution in [0.5, 0.6) is 5.75 Å². The number of hydrogen-bond acceptors (Lipinski definition) is 4. The van der Waals surface area contributed by atoms with Gasteiger partial charge in [0.05, 0.1) is 6.10 Å². The lowest BCUT2D eigenvalue weighted by Gasteiger charge is -2.16. The van der Waals surface area contributed by atoms with Crippen molar-refractivity contribution >= 4 is 8.30 Å². The van der Waals surface area contributed by atoms with Crippen molar-refractivity contribution in [1.29, 1.82) is 0 Å². The Bertz CT molecular complexity index is 304. The molecular formula is C13H24NO3P. The molecule has 4 nitrogen and oxygen atoms in total. The van der Waals surface area contributed by atoms with Gasteiger partial charge in [0.2, 0.25) is 0 Å². The quantitative estimate of drug-likeness (QED) is 0.810. The highest BCUT2D eigenvalue weighted by Crippen LogP contribution is 2.29. The molecule has 0 aliphatic carbocycles. The number of hydrogen-bond donors (Lipinski definition) is 2. The molecule has 0 heterocycles. The van der Waals surface area contributed by atoms with Gasteiger partial charge in [0.1, 0.15) is 5.75 Å². The predicted molar refractivity (Wildman–Crippen MR) is 77.3 cm³/mol. The summed E-state index contributed by atoms with van der Waals surface area (Å²) >= 11 is 0. The lowest BCUT2D eigenvalue weighted by Crippen LogP contribution is -2.21. The molecule has 0 fully saturated rings. The van der Waals surface area contributed by atoms with Crippen molar-refractivity contribution < 1.29 is 14.4 Å². The second-order valence-electron chi connectivity index (χ2n) is 4.02. The molecule has 2 unspecified atom stereocenters. The van der Waals surface area contributed by atoms with Gasteiger partial charge >= 0.3 is 0 Å². The zero-order valence-electron chi connectivity index (χ0n) is 11.8. The summed E-state index contributed by atoms with van der Waals surface area (Å²) in [4.78, 5) is 0. The average Bonchev–Trinajstić information content (AvgIpc) is 2.31. The van der Waals surface area contributed by atoms with Crippen LogP contribution in [0.1, 0.15) is 12.5 Å². The number of nitrogens with one attached hydrogen (secondary N) is 1. The number of benzene rings is 1. The first kappa shape index (κ1) is 17.3. The molecule has 0 spiro atoms. The highest BCUT2D eigenvalue weighted by molar-refractivity contribution is 7.49. The highest BCUT2D eigenvalue weighted by Gasteiger charge is 2.04. The van der Waals surface area contributed by atoms with Gasteiger partial charge in [-0.15, -0.1) is 0 Å². The maximum Gasteiger partial charge on any atom is 0.157 e. The fourth-order valence-electron chi connectivity index (χ4n) is 1.05. The molecular weight excluding hydrogens is 249 g/mol. The largest absolute Gasteiger partial charge is 0.459 e. The van der Waals surface area contributed by atoms with E-state index in [4.69, 9.17) is 9.63 Å². The van der Waals surface area contributed by atoms with E-state index in [1.54, 1.807) is 21.1 Å². The fraction of sp³-hybridized carbons (Fsp3) is 0.538. The Labute approximate surface area is 111 Å². The molecule has 0 radical (unpaired) electrons. The topological polar surface area (TPSA) is 50.7 Å². The predicted octanol–water partition coefficient (Wildman–Crippen LogP) is 2.55. The third-order valence-corrected chi connectivity index (χ3v) is 2.99. The van der Waals surface area contributed by atoms with Crippen LogP contribution in [-0.4, -0.2) is 38.6 Å². The second kappa shape index (κ2) is 10.3. The lowest BCUT2D eigenvalue weighted by atomic mass is 10.2. The van der Waals surface area contributed by atoms with Gasteiger partial charge in [-0.25, -0.2) is 0 Å². The summed E-state index contributed by atoms with van der Waals surface area (Å²) < 4.78 is 9.91. The first-order chi connectivity index (χ1) is 8.49. The van der Waals surface area contributed by atoms with Gasteiger partial charge in [-0.2, -0.15) is 0 Å². The standard InChI is InChI=1S/C11H18NO2P.C2H6O/c1-9-4-6-11(7-5-9)14-15(3)12-8-10(2)13;1-3-2/h4-7,10,12-13H,8H2,1-3H3;1-2H3. The summed E-state index contributed by atoms with van der Waals surface area (Å²) in [7, 11) is 2.54. The molecule has 0 amide bonds. The van der Waals surface area contributed by atoms with Crippen LogP contribution in [-0.2, 0) is 4.74 Å². The average molecular weight is 273 g/mol. The van der Waals surface area contributed by atoms with E-state index in [9.17, 15) is 0 Å². The third kappa shape index (κ3) is 9.37. The Balaban J connectivity index is 0.000000873. The van der Waals surface area contributed by atoms with Gasteiger partial charge in [0.15, 0.2) is 8.30 Å². The van der Waals surface area contributed by atoms with E-state index in [2.05, 4.69) is 9.82 Å². The molecule has 0 bridgehead atoms. The van der Waals surface area contributed by atoms with Gasteiger partial charge < -0.3 is 14.4 Å². The Morgan fingerprint density at radius 2 is 1.78 bits per heavy atom. The zero-order valence-corrected chi connectivity index (χ0v) is 12.7. The van der Waals surface area contributed by atoms with Crippen molar-refractivity contribution in [2.24, 2.45) is 0 Å². The van der Waals surface area contributed by atoms with E-state index in [1.807, 2.05) is 37.9 Å². The molecule has 0 saturated carbocycles. The Morgan fingerprint density at radius 3 is 2.22 bits per heavy atom. The minimum atomic E-state index is -0.709. The molecule has 0 aromatic heterocycles. The second-order valence-corrected chi connectivity index (χ2v) is 5.52. The molecule has 1 aromatic rings. The van der Waals surface area contributed by atoms with Crippen LogP contribution in [0, 0.1) is 6.92 Å². The van der Waals surface area contributed by atoms with Crippen LogP contribution >= 0.6 is 8.30 Å². The molecule has 0 aliphatic heterocycles. The van der Waals surface area contributed by atoms with E-state index in [0.29, 0.717) is 6.54 Å². The first-order valence-corrected chi connectivity index (χ1v) is 7.50. The maximum atomic E-state index is 9.10. The molecule has 0 aliphatic rings. The number of rotatable bonds is 5. The summed E-state index contributed by atoms with van der Waals surface area (Å²) in [6, 6.07) is 7.96. The van der Waals surface area contributed by atoms with Crippen LogP contribution in [0.2, 0.25) is 0 Å². The van der Waals surface area contributed by atoms with Crippen LogP contribution in [0.3, 0.4) is 0 Å². The van der Waals surface area contributed by atoms with E-state index in [0.717, 1.165) is 5.75 Å². The smallest absolute Gasteiger partial charge is 0.157 e. The number of ether oxygens (including phenoxy) is 1. The van der Waals surface area contributed by atoms with Gasteiger partial charge in [0, 0.05) is 27.4 Å². The van der Waals surface area contributed by atoms with Gasteiger partial charge in [-0.1, -0.05) is 17.7 Å². The van der Waals surface area contributed by atoms with E-state index < -0.39 is 8.30 Å². The molecule has 104 valence electrons. The van der Waals surface area contributed by atoms with Crippen molar-refractivity contribution in [3.8, 4) is 5.75 Å². The molecule has 0 saturated heterocycles. The number of methoxy groups -OCH3 is 1. The molecule has 1 rings (SSSR count). The summed E-state index contributed by atoms with van der Waals surface area (Å²) in [5.41, 5.74) is 1.22. The minimum Gasteiger partial charge on any atom is -0.459 e. The highest BCUT2D eigenvalue weighted by atomic mass is 31.2. The summed E-state index contributed by atoms with van der Waals surface area (Å²) in [5, 5.41) is 12.2. The minimum absolute atomic E-state index is 0.337. The van der Waals surface area contributed by atoms with Gasteiger partial charge in [-0.05, 0) is 26.0 Å². The molecule has 5 heteroatoms. The Kier molecular flexibility index (Phi) is 9.89. The van der Waals surface area contributed by atoms with Crippen LogP contribution < -0.4 is 9.61 Å². The van der Waals surface area contributed by atoms with Crippen LogP contribution in [0.4, 0.5) is 0 Å². The van der Waals surface area contributed by atoms with Gasteiger partial charge in [0.25, 0.3) is 0 Å². The van der Waals surface area contributed by atoms with Crippen molar-refractivity contribution in [3.63, 3.8) is 0 Å². The summed E-state index contributed by atoms with van der Waals surface area (Å²) in [6.07, 6.45) is -0.337. The van der Waals surface area contributed by atoms with E-state index >= 15 is 0 Å². The van der Waals surface area contributed by atoms with Crippen molar-refractivity contribution in [1.82, 2.24) is 5.09 Å². The number of aliphatic hydroxyl groups excluding tert-OH is 1. The Morgan fingerprint density at radius 1 is 1.28 bits per heavy atom. The van der Waals surface area contributed by atoms with Crippen LogP contribution in [0.25, 0.3) is 0 Å². The van der Waals surface area contributed by atoms with Crippen molar-refractivity contribution in [2.45, 2.75) is 20.0 Å².